The minimum Gasteiger partial charge on any atom is -0.293 e. The summed E-state index contributed by atoms with van der Waals surface area (Å²) < 4.78 is 0. The summed E-state index contributed by atoms with van der Waals surface area (Å²) in [5, 5.41) is 3.76. The molecule has 4 heteroatoms. The molecule has 1 amide bonds. The number of ketones is 1. The predicted octanol–water partition coefficient (Wildman–Crippen LogP) is 1.12. The Labute approximate surface area is 88.0 Å². The van der Waals surface area contributed by atoms with Gasteiger partial charge < -0.3 is 0 Å². The molecule has 4 nitrogen and oxygen atoms in total. The van der Waals surface area contributed by atoms with Gasteiger partial charge in [0.15, 0.2) is 5.78 Å². The second-order valence-electron chi connectivity index (χ2n) is 3.05. The average Bonchev–Trinajstić information content (AvgIpc) is 2.18. The number of hydrogen-bond donors (Lipinski definition) is 1. The largest absolute Gasteiger partial charge is 0.293 e. The number of hydrogen-bond acceptors (Lipinski definition) is 3. The lowest BCUT2D eigenvalue weighted by atomic mass is 10.1. The number of carbonyl (C=O) groups is 2. The van der Waals surface area contributed by atoms with Gasteiger partial charge in [-0.2, -0.15) is 5.10 Å². The van der Waals surface area contributed by atoms with Crippen molar-refractivity contribution in [3.8, 4) is 0 Å². The molecule has 1 aromatic carbocycles. The normalized spacial score (nSPS) is 10.9. The first kappa shape index (κ1) is 11.1. The molecule has 0 aliphatic rings. The van der Waals surface area contributed by atoms with E-state index in [0.29, 0.717) is 5.56 Å². The fourth-order valence-electron chi connectivity index (χ4n) is 1.08. The maximum atomic E-state index is 11.3. The molecule has 0 saturated heterocycles. The monoisotopic (exact) mass is 204 g/mol. The lowest BCUT2D eigenvalue weighted by molar-refractivity contribution is -0.118. The molecule has 0 atom stereocenters. The van der Waals surface area contributed by atoms with Crippen LogP contribution in [0.2, 0.25) is 0 Å². The van der Waals surface area contributed by atoms with Crippen LogP contribution < -0.4 is 5.43 Å². The highest BCUT2D eigenvalue weighted by Crippen LogP contribution is 2.01. The number of Topliss-reactive ketones (excluding diaryl/α,β-unsaturated/α-hetero) is 1. The first-order chi connectivity index (χ1) is 7.11. The van der Waals surface area contributed by atoms with Crippen molar-refractivity contribution in [2.45, 2.75) is 13.8 Å². The van der Waals surface area contributed by atoms with Gasteiger partial charge in [-0.1, -0.05) is 30.3 Å². The lowest BCUT2D eigenvalue weighted by Gasteiger charge is -2.02. The van der Waals surface area contributed by atoms with Gasteiger partial charge in [0.25, 0.3) is 0 Å². The van der Waals surface area contributed by atoms with E-state index in [2.05, 4.69) is 10.5 Å². The van der Waals surface area contributed by atoms with E-state index in [4.69, 9.17) is 0 Å². The first-order valence-corrected chi connectivity index (χ1v) is 4.52. The van der Waals surface area contributed by atoms with Gasteiger partial charge in [0, 0.05) is 19.4 Å². The van der Waals surface area contributed by atoms with E-state index in [9.17, 15) is 9.59 Å². The van der Waals surface area contributed by atoms with Crippen LogP contribution in [0.15, 0.2) is 35.4 Å². The first-order valence-electron chi connectivity index (χ1n) is 4.52. The molecule has 0 heterocycles. The van der Waals surface area contributed by atoms with Gasteiger partial charge in [-0.25, -0.2) is 5.43 Å². The van der Waals surface area contributed by atoms with Crippen LogP contribution in [0.4, 0.5) is 0 Å². The van der Waals surface area contributed by atoms with Crippen LogP contribution in [0, 0.1) is 0 Å². The standard InChI is InChI=1S/C11H12N2O2/c1-8(14)11(13-12-9(2)15)10-6-4-3-5-7-10/h3-7H,1-2H3,(H,12,15)/b13-11+. The van der Waals surface area contributed by atoms with Gasteiger partial charge in [0.05, 0.1) is 0 Å². The second-order valence-corrected chi connectivity index (χ2v) is 3.05. The van der Waals surface area contributed by atoms with Gasteiger partial charge in [0.1, 0.15) is 5.71 Å². The van der Waals surface area contributed by atoms with Crippen molar-refractivity contribution in [3.05, 3.63) is 35.9 Å². The molecule has 1 N–H and O–H groups in total. The van der Waals surface area contributed by atoms with Crippen LogP contribution in [0.1, 0.15) is 19.4 Å². The van der Waals surface area contributed by atoms with Gasteiger partial charge >= 0.3 is 0 Å². The molecule has 15 heavy (non-hydrogen) atoms. The van der Waals surface area contributed by atoms with Crippen molar-refractivity contribution in [2.24, 2.45) is 5.10 Å². The van der Waals surface area contributed by atoms with E-state index in [1.54, 1.807) is 12.1 Å². The quantitative estimate of drug-likeness (QED) is 0.592. The average molecular weight is 204 g/mol. The molecule has 0 aliphatic heterocycles. The minimum atomic E-state index is -0.301. The molecule has 0 fully saturated rings. The van der Waals surface area contributed by atoms with Crippen LogP contribution in [0.3, 0.4) is 0 Å². The van der Waals surface area contributed by atoms with E-state index in [0.717, 1.165) is 0 Å². The molecule has 0 unspecified atom stereocenters. The Kier molecular flexibility index (Phi) is 3.74. The summed E-state index contributed by atoms with van der Waals surface area (Å²) in [6.45, 7) is 2.75. The van der Waals surface area contributed by atoms with E-state index < -0.39 is 0 Å². The highest BCUT2D eigenvalue weighted by Gasteiger charge is 2.08. The second kappa shape index (κ2) is 5.05. The summed E-state index contributed by atoms with van der Waals surface area (Å²) in [6, 6.07) is 8.99. The molecule has 0 aliphatic carbocycles. The van der Waals surface area contributed by atoms with Gasteiger partial charge in [0.2, 0.25) is 5.91 Å². The number of carbonyl (C=O) groups excluding carboxylic acids is 2. The Bertz CT molecular complexity index is 396. The van der Waals surface area contributed by atoms with Crippen molar-refractivity contribution in [1.82, 2.24) is 5.43 Å². The summed E-state index contributed by atoms with van der Waals surface area (Å²) in [4.78, 5) is 21.9. The summed E-state index contributed by atoms with van der Waals surface area (Å²) in [7, 11) is 0. The molecule has 1 aromatic rings. The predicted molar refractivity (Wildman–Crippen MR) is 57.5 cm³/mol. The molecular formula is C11H12N2O2. The number of benzene rings is 1. The van der Waals surface area contributed by atoms with Crippen molar-refractivity contribution in [3.63, 3.8) is 0 Å². The third-order valence-electron chi connectivity index (χ3n) is 1.71. The van der Waals surface area contributed by atoms with Crippen LogP contribution in [0.25, 0.3) is 0 Å². The summed E-state index contributed by atoms with van der Waals surface area (Å²) in [5.41, 5.74) is 3.20. The number of amides is 1. The van der Waals surface area contributed by atoms with Crippen molar-refractivity contribution in [1.29, 1.82) is 0 Å². The van der Waals surface area contributed by atoms with Gasteiger partial charge in [-0.05, 0) is 0 Å². The SMILES string of the molecule is CC(=O)N/N=C(\C(C)=O)c1ccccc1. The maximum absolute atomic E-state index is 11.3. The molecule has 0 spiro atoms. The van der Waals surface area contributed by atoms with E-state index in [1.165, 1.54) is 13.8 Å². The Hall–Kier alpha value is -1.97. The van der Waals surface area contributed by atoms with Crippen LogP contribution in [-0.2, 0) is 9.59 Å². The molecule has 1 rings (SSSR count). The van der Waals surface area contributed by atoms with E-state index >= 15 is 0 Å². The molecule has 0 saturated carbocycles. The van der Waals surface area contributed by atoms with E-state index in [-0.39, 0.29) is 17.4 Å². The highest BCUT2D eigenvalue weighted by molar-refractivity contribution is 6.45. The van der Waals surface area contributed by atoms with Crippen molar-refractivity contribution >= 4 is 17.4 Å². The highest BCUT2D eigenvalue weighted by atomic mass is 16.2. The zero-order chi connectivity index (χ0) is 11.3. The minimum absolute atomic E-state index is 0.185. The Morgan fingerprint density at radius 2 is 1.73 bits per heavy atom. The maximum Gasteiger partial charge on any atom is 0.236 e. The Morgan fingerprint density at radius 1 is 1.13 bits per heavy atom. The zero-order valence-corrected chi connectivity index (χ0v) is 8.65. The van der Waals surface area contributed by atoms with Crippen LogP contribution >= 0.6 is 0 Å². The topological polar surface area (TPSA) is 58.5 Å². The van der Waals surface area contributed by atoms with Crippen molar-refractivity contribution < 1.29 is 9.59 Å². The fraction of sp³-hybridized carbons (Fsp3) is 0.182. The zero-order valence-electron chi connectivity index (χ0n) is 8.65. The Morgan fingerprint density at radius 3 is 2.20 bits per heavy atom. The molecule has 0 bridgehead atoms. The fourth-order valence-corrected chi connectivity index (χ4v) is 1.08. The third kappa shape index (κ3) is 3.34. The number of hydrazone groups is 1. The Balaban J connectivity index is 2.99. The van der Waals surface area contributed by atoms with Gasteiger partial charge in [-0.3, -0.25) is 9.59 Å². The van der Waals surface area contributed by atoms with Crippen LogP contribution in [-0.4, -0.2) is 17.4 Å². The molecule has 0 radical (unpaired) electrons. The number of nitrogens with one attached hydrogen (secondary N) is 1. The lowest BCUT2D eigenvalue weighted by Crippen LogP contribution is -2.20. The number of rotatable bonds is 3. The van der Waals surface area contributed by atoms with Gasteiger partial charge in [-0.15, -0.1) is 0 Å². The molecular weight excluding hydrogens is 192 g/mol. The molecule has 0 aromatic heterocycles. The van der Waals surface area contributed by atoms with Crippen molar-refractivity contribution in [2.75, 3.05) is 0 Å². The van der Waals surface area contributed by atoms with E-state index in [1.807, 2.05) is 18.2 Å². The summed E-state index contributed by atoms with van der Waals surface area (Å²) in [6.07, 6.45) is 0. The number of nitrogens with zero attached hydrogens (tertiary/aromatic N) is 1. The third-order valence-corrected chi connectivity index (χ3v) is 1.71. The summed E-state index contributed by atoms with van der Waals surface area (Å²) >= 11 is 0. The molecule has 78 valence electrons. The summed E-state index contributed by atoms with van der Waals surface area (Å²) in [5.74, 6) is -0.486. The smallest absolute Gasteiger partial charge is 0.236 e. The van der Waals surface area contributed by atoms with Crippen LogP contribution in [0.5, 0.6) is 0 Å².